The lowest BCUT2D eigenvalue weighted by atomic mass is 9.76. The summed E-state index contributed by atoms with van der Waals surface area (Å²) in [6, 6.07) is 8.95. The topological polar surface area (TPSA) is 41.1 Å². The normalized spacial score (nSPS) is 21.2. The summed E-state index contributed by atoms with van der Waals surface area (Å²) >= 11 is 0. The Hall–Kier alpha value is -2.08. The Morgan fingerprint density at radius 1 is 1.27 bits per heavy atom. The first-order chi connectivity index (χ1) is 12.3. The molecule has 142 valence electrons. The third kappa shape index (κ3) is 4.55. The summed E-state index contributed by atoms with van der Waals surface area (Å²) in [5.74, 6) is -0.271. The molecule has 1 aliphatic carbocycles. The van der Waals surface area contributed by atoms with Crippen LogP contribution in [-0.4, -0.2) is 31.7 Å². The van der Waals surface area contributed by atoms with E-state index in [2.05, 4.69) is 10.6 Å². The van der Waals surface area contributed by atoms with Crippen LogP contribution in [0.4, 0.5) is 13.2 Å². The monoisotopic (exact) mass is 366 g/mol. The van der Waals surface area contributed by atoms with Crippen LogP contribution in [0.15, 0.2) is 48.6 Å². The lowest BCUT2D eigenvalue weighted by molar-refractivity contribution is -0.207. The average molecular weight is 366 g/mol. The Labute approximate surface area is 152 Å². The number of hydrogen-bond acceptors (Lipinski definition) is 2. The molecule has 2 atom stereocenters. The van der Waals surface area contributed by atoms with E-state index in [0.717, 1.165) is 11.1 Å². The predicted octanol–water partition coefficient (Wildman–Crippen LogP) is 4.08. The van der Waals surface area contributed by atoms with E-state index >= 15 is 0 Å². The molecule has 26 heavy (non-hydrogen) atoms. The lowest BCUT2D eigenvalue weighted by Gasteiger charge is -2.34. The van der Waals surface area contributed by atoms with E-state index in [-0.39, 0.29) is 31.3 Å². The molecule has 1 aromatic rings. The molecule has 2 unspecified atom stereocenters. The zero-order chi connectivity index (χ0) is 19.2. The molecule has 3 nitrogen and oxygen atoms in total. The number of carbonyl (C=O) groups excluding carboxylic acids is 1. The maximum atomic E-state index is 13.7. The second kappa shape index (κ2) is 8.54. The number of halogens is 3. The van der Waals surface area contributed by atoms with Gasteiger partial charge in [-0.2, -0.15) is 13.2 Å². The number of amides is 1. The number of likely N-dealkylation sites (N-methyl/N-ethyl adjacent to an activating group) is 1. The highest BCUT2D eigenvalue weighted by Gasteiger charge is 2.52. The van der Waals surface area contributed by atoms with Gasteiger partial charge in [0.1, 0.15) is 0 Å². The van der Waals surface area contributed by atoms with E-state index in [4.69, 9.17) is 0 Å². The maximum absolute atomic E-state index is 13.7. The molecular formula is C20H25F3N2O. The fraction of sp³-hybridized carbons (Fsp3) is 0.450. The minimum Gasteiger partial charge on any atom is -0.355 e. The number of carbonyl (C=O) groups is 1. The van der Waals surface area contributed by atoms with E-state index in [0.29, 0.717) is 6.42 Å². The molecule has 0 aliphatic heterocycles. The Balaban J connectivity index is 2.06. The van der Waals surface area contributed by atoms with Crippen LogP contribution in [0, 0.1) is 5.41 Å². The number of hydrogen-bond donors (Lipinski definition) is 2. The van der Waals surface area contributed by atoms with Crippen LogP contribution in [0.1, 0.15) is 31.7 Å². The van der Waals surface area contributed by atoms with Crippen molar-refractivity contribution < 1.29 is 18.0 Å². The van der Waals surface area contributed by atoms with Crippen molar-refractivity contribution in [1.82, 2.24) is 10.6 Å². The van der Waals surface area contributed by atoms with E-state index in [1.54, 1.807) is 13.1 Å². The number of allylic oxidation sites excluding steroid dienone is 4. The zero-order valence-corrected chi connectivity index (χ0v) is 15.1. The molecule has 0 saturated carbocycles. The highest BCUT2D eigenvalue weighted by molar-refractivity contribution is 5.81. The molecule has 0 spiro atoms. The van der Waals surface area contributed by atoms with Crippen molar-refractivity contribution in [3.8, 4) is 0 Å². The predicted molar refractivity (Wildman–Crippen MR) is 97.4 cm³/mol. The second-order valence-electron chi connectivity index (χ2n) is 6.51. The number of rotatable bonds is 7. The van der Waals surface area contributed by atoms with Gasteiger partial charge in [-0.25, -0.2) is 0 Å². The van der Waals surface area contributed by atoms with Gasteiger partial charge in [0.25, 0.3) is 0 Å². The van der Waals surface area contributed by atoms with Crippen molar-refractivity contribution in [2.45, 2.75) is 38.4 Å². The van der Waals surface area contributed by atoms with Gasteiger partial charge in [0.15, 0.2) is 0 Å². The van der Waals surface area contributed by atoms with Gasteiger partial charge in [-0.05, 0) is 37.4 Å². The van der Waals surface area contributed by atoms with Gasteiger partial charge in [-0.3, -0.25) is 4.79 Å². The molecule has 1 aliphatic rings. The first kappa shape index (κ1) is 20.2. The molecule has 0 fully saturated rings. The summed E-state index contributed by atoms with van der Waals surface area (Å²) in [7, 11) is 1.66. The summed E-state index contributed by atoms with van der Waals surface area (Å²) in [5, 5.41) is 5.46. The third-order valence-corrected chi connectivity index (χ3v) is 4.88. The van der Waals surface area contributed by atoms with E-state index in [1.807, 2.05) is 37.3 Å². The standard InChI is InChI=1S/C20H25F3N2O/c1-3-17(24-2)18(26)25-14-13-19(20(21,22)23)11-9-16(10-12-19)15-7-5-4-6-8-15/h4-11,17,24H,3,12-14H2,1-2H3,(H,25,26). The summed E-state index contributed by atoms with van der Waals surface area (Å²) in [4.78, 5) is 12.0. The fourth-order valence-corrected chi connectivity index (χ4v) is 3.11. The molecule has 0 bridgehead atoms. The second-order valence-corrected chi connectivity index (χ2v) is 6.51. The number of benzene rings is 1. The van der Waals surface area contributed by atoms with Crippen molar-refractivity contribution in [1.29, 1.82) is 0 Å². The van der Waals surface area contributed by atoms with Gasteiger partial charge in [0.2, 0.25) is 5.91 Å². The first-order valence-electron chi connectivity index (χ1n) is 8.79. The van der Waals surface area contributed by atoms with Crippen LogP contribution in [0.25, 0.3) is 5.57 Å². The summed E-state index contributed by atoms with van der Waals surface area (Å²) in [5.41, 5.74) is -0.261. The molecule has 1 amide bonds. The summed E-state index contributed by atoms with van der Waals surface area (Å²) in [6.45, 7) is 1.83. The van der Waals surface area contributed by atoms with Crippen LogP contribution < -0.4 is 10.6 Å². The largest absolute Gasteiger partial charge is 0.398 e. The summed E-state index contributed by atoms with van der Waals surface area (Å²) in [6.07, 6.45) is 0.310. The van der Waals surface area contributed by atoms with E-state index in [1.165, 1.54) is 12.2 Å². The highest BCUT2D eigenvalue weighted by Crippen LogP contribution is 2.48. The van der Waals surface area contributed by atoms with Gasteiger partial charge in [-0.15, -0.1) is 0 Å². The molecule has 2 rings (SSSR count). The van der Waals surface area contributed by atoms with Gasteiger partial charge in [-0.1, -0.05) is 55.5 Å². The number of nitrogens with one attached hydrogen (secondary N) is 2. The molecule has 0 heterocycles. The van der Waals surface area contributed by atoms with Crippen molar-refractivity contribution in [3.63, 3.8) is 0 Å². The molecule has 1 aromatic carbocycles. The van der Waals surface area contributed by atoms with Crippen LogP contribution in [0.5, 0.6) is 0 Å². The van der Waals surface area contributed by atoms with E-state index < -0.39 is 11.6 Å². The van der Waals surface area contributed by atoms with Crippen LogP contribution >= 0.6 is 0 Å². The lowest BCUT2D eigenvalue weighted by Crippen LogP contribution is -2.45. The molecule has 0 radical (unpaired) electrons. The molecule has 0 saturated heterocycles. The Morgan fingerprint density at radius 2 is 1.96 bits per heavy atom. The van der Waals surface area contributed by atoms with Gasteiger partial charge in [0, 0.05) is 6.54 Å². The molecule has 2 N–H and O–H groups in total. The van der Waals surface area contributed by atoms with Crippen LogP contribution in [-0.2, 0) is 4.79 Å². The Bertz CT molecular complexity index is 663. The van der Waals surface area contributed by atoms with Crippen molar-refractivity contribution in [3.05, 3.63) is 54.1 Å². The SMILES string of the molecule is CCC(NC)C(=O)NCCC1(C(F)(F)F)C=CC(c2ccccc2)=CC1. The average Bonchev–Trinajstić information content (AvgIpc) is 2.63. The minimum absolute atomic E-state index is 0.0185. The minimum atomic E-state index is -4.37. The van der Waals surface area contributed by atoms with Gasteiger partial charge in [0.05, 0.1) is 11.5 Å². The quantitative estimate of drug-likeness (QED) is 0.763. The zero-order valence-electron chi connectivity index (χ0n) is 15.1. The van der Waals surface area contributed by atoms with Crippen molar-refractivity contribution in [2.24, 2.45) is 5.41 Å². The fourth-order valence-electron chi connectivity index (χ4n) is 3.11. The van der Waals surface area contributed by atoms with Gasteiger partial charge >= 0.3 is 6.18 Å². The maximum Gasteiger partial charge on any atom is 0.398 e. The Morgan fingerprint density at radius 3 is 2.46 bits per heavy atom. The third-order valence-electron chi connectivity index (χ3n) is 4.88. The van der Waals surface area contributed by atoms with E-state index in [9.17, 15) is 18.0 Å². The van der Waals surface area contributed by atoms with Gasteiger partial charge < -0.3 is 10.6 Å². The Kier molecular flexibility index (Phi) is 6.64. The van der Waals surface area contributed by atoms with Crippen LogP contribution in [0.2, 0.25) is 0 Å². The number of alkyl halides is 3. The van der Waals surface area contributed by atoms with Crippen LogP contribution in [0.3, 0.4) is 0 Å². The molecular weight excluding hydrogens is 341 g/mol. The highest BCUT2D eigenvalue weighted by atomic mass is 19.4. The molecule has 6 heteroatoms. The van der Waals surface area contributed by atoms with Crippen molar-refractivity contribution >= 4 is 11.5 Å². The van der Waals surface area contributed by atoms with Crippen molar-refractivity contribution in [2.75, 3.05) is 13.6 Å². The first-order valence-corrected chi connectivity index (χ1v) is 8.79. The summed E-state index contributed by atoms with van der Waals surface area (Å²) < 4.78 is 41.2. The molecule has 0 aromatic heterocycles. The smallest absolute Gasteiger partial charge is 0.355 e.